The fourth-order valence-electron chi connectivity index (χ4n) is 1.79. The van der Waals surface area contributed by atoms with Gasteiger partial charge < -0.3 is 10.2 Å². The molecule has 2 amide bonds. The Balaban J connectivity index is 2.11. The van der Waals surface area contributed by atoms with Crippen molar-refractivity contribution in [1.82, 2.24) is 10.2 Å². The zero-order valence-corrected chi connectivity index (χ0v) is 7.32. The van der Waals surface area contributed by atoms with Crippen molar-refractivity contribution in [3.63, 3.8) is 0 Å². The molecule has 4 heteroatoms. The fraction of sp³-hybridized carbons (Fsp3) is 0.556. The summed E-state index contributed by atoms with van der Waals surface area (Å²) in [4.78, 5) is 24.3. The van der Waals surface area contributed by atoms with Gasteiger partial charge in [-0.3, -0.25) is 9.59 Å². The van der Waals surface area contributed by atoms with E-state index < -0.39 is 0 Å². The topological polar surface area (TPSA) is 49.4 Å². The van der Waals surface area contributed by atoms with E-state index in [9.17, 15) is 9.59 Å². The minimum Gasteiger partial charge on any atom is -0.354 e. The highest BCUT2D eigenvalue weighted by atomic mass is 16.2. The number of rotatable bonds is 1. The highest BCUT2D eigenvalue weighted by Gasteiger charge is 2.32. The lowest BCUT2D eigenvalue weighted by molar-refractivity contribution is -0.135. The summed E-state index contributed by atoms with van der Waals surface area (Å²) in [6.07, 6.45) is 5.01. The zero-order chi connectivity index (χ0) is 9.26. The number of amides is 2. The van der Waals surface area contributed by atoms with Gasteiger partial charge in [-0.25, -0.2) is 0 Å². The molecule has 4 nitrogen and oxygen atoms in total. The minimum absolute atomic E-state index is 0.0105. The van der Waals surface area contributed by atoms with E-state index in [0.29, 0.717) is 13.1 Å². The van der Waals surface area contributed by atoms with Crippen LogP contribution in [0.3, 0.4) is 0 Å². The van der Waals surface area contributed by atoms with Gasteiger partial charge in [0.25, 0.3) is 0 Å². The van der Waals surface area contributed by atoms with Crippen molar-refractivity contribution in [3.8, 4) is 0 Å². The standard InChI is InChI=1S/C9H12N2O2/c12-8-3-1-2-6-11(8)7-4-5-10-9(7)13/h1,3,7H,2,4-6H2,(H,10,13). The number of hydrogen-bond donors (Lipinski definition) is 1. The van der Waals surface area contributed by atoms with Crippen LogP contribution in [0.15, 0.2) is 12.2 Å². The monoisotopic (exact) mass is 180 g/mol. The molecule has 0 aromatic carbocycles. The Hall–Kier alpha value is -1.32. The van der Waals surface area contributed by atoms with E-state index in [0.717, 1.165) is 12.8 Å². The Morgan fingerprint density at radius 2 is 2.31 bits per heavy atom. The summed E-state index contributed by atoms with van der Waals surface area (Å²) in [7, 11) is 0. The van der Waals surface area contributed by atoms with Gasteiger partial charge >= 0.3 is 0 Å². The van der Waals surface area contributed by atoms with Gasteiger partial charge in [-0.1, -0.05) is 6.08 Å². The van der Waals surface area contributed by atoms with Crippen LogP contribution in [0.25, 0.3) is 0 Å². The van der Waals surface area contributed by atoms with Crippen LogP contribution < -0.4 is 5.32 Å². The van der Waals surface area contributed by atoms with Crippen molar-refractivity contribution in [3.05, 3.63) is 12.2 Å². The van der Waals surface area contributed by atoms with Gasteiger partial charge in [0.05, 0.1) is 0 Å². The van der Waals surface area contributed by atoms with Crippen LogP contribution in [0.1, 0.15) is 12.8 Å². The van der Waals surface area contributed by atoms with Crippen LogP contribution in [0.4, 0.5) is 0 Å². The first-order valence-corrected chi connectivity index (χ1v) is 4.54. The molecule has 2 aliphatic heterocycles. The Labute approximate surface area is 76.6 Å². The van der Waals surface area contributed by atoms with E-state index in [2.05, 4.69) is 5.32 Å². The lowest BCUT2D eigenvalue weighted by Gasteiger charge is -2.27. The Bertz CT molecular complexity index is 273. The highest BCUT2D eigenvalue weighted by Crippen LogP contribution is 2.14. The van der Waals surface area contributed by atoms with E-state index in [1.807, 2.05) is 6.08 Å². The summed E-state index contributed by atoms with van der Waals surface area (Å²) in [5.41, 5.74) is 0. The maximum Gasteiger partial charge on any atom is 0.246 e. The number of nitrogens with one attached hydrogen (secondary N) is 1. The van der Waals surface area contributed by atoms with Crippen LogP contribution in [0.5, 0.6) is 0 Å². The second-order valence-electron chi connectivity index (χ2n) is 3.32. The van der Waals surface area contributed by atoms with E-state index in [4.69, 9.17) is 0 Å². The number of carbonyl (C=O) groups is 2. The third kappa shape index (κ3) is 1.43. The summed E-state index contributed by atoms with van der Waals surface area (Å²) < 4.78 is 0. The average molecular weight is 180 g/mol. The number of hydrogen-bond acceptors (Lipinski definition) is 2. The van der Waals surface area contributed by atoms with Crippen molar-refractivity contribution in [1.29, 1.82) is 0 Å². The summed E-state index contributed by atoms with van der Waals surface area (Å²) in [6, 6.07) is -0.225. The normalized spacial score (nSPS) is 28.0. The predicted octanol–water partition coefficient (Wildman–Crippen LogP) is -0.337. The molecule has 0 bridgehead atoms. The second kappa shape index (κ2) is 3.20. The van der Waals surface area contributed by atoms with Gasteiger partial charge in [-0.15, -0.1) is 0 Å². The molecule has 1 fully saturated rings. The predicted molar refractivity (Wildman–Crippen MR) is 46.9 cm³/mol. The van der Waals surface area contributed by atoms with Gasteiger partial charge in [-0.05, 0) is 18.9 Å². The van der Waals surface area contributed by atoms with Crippen LogP contribution in [0.2, 0.25) is 0 Å². The van der Waals surface area contributed by atoms with E-state index >= 15 is 0 Å². The molecule has 0 aliphatic carbocycles. The van der Waals surface area contributed by atoms with Crippen molar-refractivity contribution >= 4 is 11.8 Å². The quantitative estimate of drug-likeness (QED) is 0.600. The smallest absolute Gasteiger partial charge is 0.246 e. The summed E-state index contributed by atoms with van der Waals surface area (Å²) in [6.45, 7) is 1.37. The third-order valence-electron chi connectivity index (χ3n) is 2.48. The van der Waals surface area contributed by atoms with Gasteiger partial charge in [0.1, 0.15) is 6.04 Å². The molecule has 0 aromatic heterocycles. The van der Waals surface area contributed by atoms with Crippen LogP contribution >= 0.6 is 0 Å². The van der Waals surface area contributed by atoms with Crippen LogP contribution in [-0.4, -0.2) is 35.8 Å². The first-order valence-electron chi connectivity index (χ1n) is 4.54. The molecular formula is C9H12N2O2. The molecular weight excluding hydrogens is 168 g/mol. The highest BCUT2D eigenvalue weighted by molar-refractivity contribution is 5.94. The van der Waals surface area contributed by atoms with Gasteiger partial charge in [-0.2, -0.15) is 0 Å². The van der Waals surface area contributed by atoms with Crippen molar-refractivity contribution < 1.29 is 9.59 Å². The van der Waals surface area contributed by atoms with Crippen molar-refractivity contribution in [2.75, 3.05) is 13.1 Å². The largest absolute Gasteiger partial charge is 0.354 e. The molecule has 0 radical (unpaired) electrons. The SMILES string of the molecule is O=C1NCCC1N1CCC=CC1=O. The molecule has 1 unspecified atom stereocenters. The third-order valence-corrected chi connectivity index (χ3v) is 2.48. The molecule has 1 atom stereocenters. The second-order valence-corrected chi connectivity index (χ2v) is 3.32. The molecule has 2 aliphatic rings. The molecule has 1 saturated heterocycles. The number of carbonyl (C=O) groups excluding carboxylic acids is 2. The first kappa shape index (κ1) is 8.29. The van der Waals surface area contributed by atoms with Crippen molar-refractivity contribution in [2.24, 2.45) is 0 Å². The van der Waals surface area contributed by atoms with Crippen LogP contribution in [0, 0.1) is 0 Å². The summed E-state index contributed by atoms with van der Waals surface area (Å²) >= 11 is 0. The molecule has 1 N–H and O–H groups in total. The Kier molecular flexibility index (Phi) is 2.04. The fourth-order valence-corrected chi connectivity index (χ4v) is 1.79. The molecule has 70 valence electrons. The number of nitrogens with zero attached hydrogens (tertiary/aromatic N) is 1. The average Bonchev–Trinajstić information content (AvgIpc) is 2.52. The maximum atomic E-state index is 11.4. The summed E-state index contributed by atoms with van der Waals surface area (Å²) in [5.74, 6) is -0.0445. The molecule has 0 spiro atoms. The minimum atomic E-state index is -0.225. The first-order chi connectivity index (χ1) is 6.29. The zero-order valence-electron chi connectivity index (χ0n) is 7.32. The summed E-state index contributed by atoms with van der Waals surface area (Å²) in [5, 5.41) is 2.73. The lowest BCUT2D eigenvalue weighted by atomic mass is 10.1. The molecule has 2 heterocycles. The molecule has 2 rings (SSSR count). The Morgan fingerprint density at radius 1 is 1.46 bits per heavy atom. The van der Waals surface area contributed by atoms with Gasteiger partial charge in [0.2, 0.25) is 11.8 Å². The van der Waals surface area contributed by atoms with E-state index in [-0.39, 0.29) is 17.9 Å². The van der Waals surface area contributed by atoms with Gasteiger partial charge in [0, 0.05) is 13.1 Å². The molecule has 0 aromatic rings. The van der Waals surface area contributed by atoms with Crippen molar-refractivity contribution in [2.45, 2.75) is 18.9 Å². The lowest BCUT2D eigenvalue weighted by Crippen LogP contribution is -2.45. The van der Waals surface area contributed by atoms with Gasteiger partial charge in [0.15, 0.2) is 0 Å². The van der Waals surface area contributed by atoms with E-state index in [1.165, 1.54) is 0 Å². The van der Waals surface area contributed by atoms with Crippen LogP contribution in [-0.2, 0) is 9.59 Å². The molecule has 13 heavy (non-hydrogen) atoms. The van der Waals surface area contributed by atoms with E-state index in [1.54, 1.807) is 11.0 Å². The molecule has 0 saturated carbocycles. The Morgan fingerprint density at radius 3 is 2.92 bits per heavy atom. The maximum absolute atomic E-state index is 11.4.